The molecule has 2 heterocycles. The molecule has 0 saturated carbocycles. The van der Waals surface area contributed by atoms with Crippen molar-refractivity contribution in [1.82, 2.24) is 14.8 Å². The third-order valence-electron chi connectivity index (χ3n) is 5.36. The first-order valence-corrected chi connectivity index (χ1v) is 11.7. The summed E-state index contributed by atoms with van der Waals surface area (Å²) in [5.41, 5.74) is 1.07. The Hall–Kier alpha value is -2.64. The minimum Gasteiger partial charge on any atom is -0.490 e. The molecule has 1 saturated heterocycles. The van der Waals surface area contributed by atoms with Gasteiger partial charge < -0.3 is 14.4 Å². The van der Waals surface area contributed by atoms with Crippen LogP contribution < -0.4 is 9.47 Å². The second-order valence-electron chi connectivity index (χ2n) is 7.56. The van der Waals surface area contributed by atoms with Crippen LogP contribution >= 0.6 is 11.3 Å². The van der Waals surface area contributed by atoms with Crippen molar-refractivity contribution in [3.8, 4) is 11.5 Å². The maximum absolute atomic E-state index is 12.6. The molecule has 1 fully saturated rings. The number of fused-ring (bicyclic) bond motifs is 1. The van der Waals surface area contributed by atoms with Crippen LogP contribution in [-0.2, 0) is 11.3 Å². The molecule has 164 valence electrons. The first-order valence-electron chi connectivity index (χ1n) is 10.9. The van der Waals surface area contributed by atoms with E-state index in [9.17, 15) is 4.79 Å². The molecule has 0 radical (unpaired) electrons. The van der Waals surface area contributed by atoms with E-state index in [0.29, 0.717) is 26.1 Å². The van der Waals surface area contributed by atoms with Gasteiger partial charge in [0.25, 0.3) is 0 Å². The van der Waals surface area contributed by atoms with Crippen molar-refractivity contribution < 1.29 is 14.3 Å². The molecule has 1 aliphatic rings. The maximum atomic E-state index is 12.6. The summed E-state index contributed by atoms with van der Waals surface area (Å²) in [7, 11) is 0. The SMILES string of the molecule is CCOc1ccccc1OCCCC(=O)N1CCN(Cc2nc3ccccc3s2)CC1. The van der Waals surface area contributed by atoms with Crippen LogP contribution in [-0.4, -0.2) is 60.1 Å². The molecule has 0 unspecified atom stereocenters. The van der Waals surface area contributed by atoms with Crippen molar-refractivity contribution in [2.75, 3.05) is 39.4 Å². The number of amides is 1. The molecule has 0 aliphatic carbocycles. The predicted octanol–water partition coefficient (Wildman–Crippen LogP) is 4.20. The van der Waals surface area contributed by atoms with E-state index < -0.39 is 0 Å². The molecule has 31 heavy (non-hydrogen) atoms. The van der Waals surface area contributed by atoms with E-state index in [4.69, 9.17) is 14.5 Å². The number of ether oxygens (including phenoxy) is 2. The van der Waals surface area contributed by atoms with E-state index >= 15 is 0 Å². The van der Waals surface area contributed by atoms with Gasteiger partial charge in [-0.1, -0.05) is 24.3 Å². The highest BCUT2D eigenvalue weighted by Gasteiger charge is 2.21. The number of piperazine rings is 1. The predicted molar refractivity (Wildman–Crippen MR) is 124 cm³/mol. The number of carbonyl (C=O) groups is 1. The summed E-state index contributed by atoms with van der Waals surface area (Å²) in [6, 6.07) is 15.9. The van der Waals surface area contributed by atoms with Gasteiger partial charge in [0.05, 0.1) is 30.0 Å². The van der Waals surface area contributed by atoms with Crippen LogP contribution in [0.1, 0.15) is 24.8 Å². The van der Waals surface area contributed by atoms with Gasteiger partial charge in [-0.2, -0.15) is 0 Å². The fourth-order valence-electron chi connectivity index (χ4n) is 3.74. The molecule has 0 bridgehead atoms. The van der Waals surface area contributed by atoms with Gasteiger partial charge in [-0.15, -0.1) is 11.3 Å². The van der Waals surface area contributed by atoms with Crippen LogP contribution in [0.5, 0.6) is 11.5 Å². The lowest BCUT2D eigenvalue weighted by atomic mass is 10.2. The Balaban J connectivity index is 1.17. The van der Waals surface area contributed by atoms with E-state index in [1.807, 2.05) is 42.2 Å². The normalized spacial score (nSPS) is 14.7. The Labute approximate surface area is 187 Å². The van der Waals surface area contributed by atoms with E-state index in [1.165, 1.54) is 4.70 Å². The minimum absolute atomic E-state index is 0.210. The highest BCUT2D eigenvalue weighted by Crippen LogP contribution is 2.26. The Bertz CT molecular complexity index is 965. The molecule has 0 N–H and O–H groups in total. The molecular formula is C24H29N3O3S. The Morgan fingerprint density at radius 2 is 1.71 bits per heavy atom. The summed E-state index contributed by atoms with van der Waals surface area (Å²) in [4.78, 5) is 21.7. The van der Waals surface area contributed by atoms with Crippen molar-refractivity contribution in [3.63, 3.8) is 0 Å². The molecule has 1 amide bonds. The molecule has 7 heteroatoms. The fraction of sp³-hybridized carbons (Fsp3) is 0.417. The summed E-state index contributed by atoms with van der Waals surface area (Å²) in [6.45, 7) is 7.25. The number of benzene rings is 2. The lowest BCUT2D eigenvalue weighted by molar-refractivity contribution is -0.133. The van der Waals surface area contributed by atoms with Gasteiger partial charge in [0, 0.05) is 32.6 Å². The van der Waals surface area contributed by atoms with Crippen molar-refractivity contribution in [1.29, 1.82) is 0 Å². The highest BCUT2D eigenvalue weighted by atomic mass is 32.1. The number of thiazole rings is 1. The van der Waals surface area contributed by atoms with Gasteiger partial charge in [0.1, 0.15) is 5.01 Å². The molecule has 6 nitrogen and oxygen atoms in total. The number of hydrogen-bond donors (Lipinski definition) is 0. The third kappa shape index (κ3) is 5.74. The molecular weight excluding hydrogens is 410 g/mol. The van der Waals surface area contributed by atoms with Crippen LogP contribution in [0.2, 0.25) is 0 Å². The van der Waals surface area contributed by atoms with Gasteiger partial charge in [-0.05, 0) is 37.6 Å². The molecule has 2 aromatic carbocycles. The second kappa shape index (κ2) is 10.6. The molecule has 4 rings (SSSR count). The molecule has 1 aliphatic heterocycles. The van der Waals surface area contributed by atoms with Crippen molar-refractivity contribution in [2.24, 2.45) is 0 Å². The monoisotopic (exact) mass is 439 g/mol. The zero-order chi connectivity index (χ0) is 21.5. The summed E-state index contributed by atoms with van der Waals surface area (Å²) < 4.78 is 12.6. The number of carbonyl (C=O) groups excluding carboxylic acids is 1. The Morgan fingerprint density at radius 1 is 1.00 bits per heavy atom. The lowest BCUT2D eigenvalue weighted by Gasteiger charge is -2.34. The van der Waals surface area contributed by atoms with Gasteiger partial charge in [-0.25, -0.2) is 4.98 Å². The Morgan fingerprint density at radius 3 is 2.45 bits per heavy atom. The van der Waals surface area contributed by atoms with Crippen LogP contribution in [0.25, 0.3) is 10.2 Å². The number of nitrogens with zero attached hydrogens (tertiary/aromatic N) is 3. The standard InChI is InChI=1S/C24H29N3O3S/c1-2-29-20-9-4-5-10-21(20)30-17-7-12-24(28)27-15-13-26(14-16-27)18-23-25-19-8-3-6-11-22(19)31-23/h3-6,8-11H,2,7,12-18H2,1H3. The van der Waals surface area contributed by atoms with Crippen LogP contribution in [0.3, 0.4) is 0 Å². The van der Waals surface area contributed by atoms with Crippen LogP contribution in [0, 0.1) is 0 Å². The van der Waals surface area contributed by atoms with Gasteiger partial charge in [0.15, 0.2) is 11.5 Å². The van der Waals surface area contributed by atoms with E-state index in [2.05, 4.69) is 23.1 Å². The zero-order valence-electron chi connectivity index (χ0n) is 18.0. The zero-order valence-corrected chi connectivity index (χ0v) is 18.8. The molecule has 0 atom stereocenters. The van der Waals surface area contributed by atoms with Gasteiger partial charge in [0.2, 0.25) is 5.91 Å². The fourth-order valence-corrected chi connectivity index (χ4v) is 4.75. The number of rotatable bonds is 9. The topological polar surface area (TPSA) is 54.9 Å². The van der Waals surface area contributed by atoms with Crippen molar-refractivity contribution in [3.05, 3.63) is 53.5 Å². The first kappa shape index (κ1) is 21.6. The summed E-state index contributed by atoms with van der Waals surface area (Å²) >= 11 is 1.76. The second-order valence-corrected chi connectivity index (χ2v) is 8.68. The molecule has 1 aromatic heterocycles. The average Bonchev–Trinajstić information content (AvgIpc) is 3.20. The number of para-hydroxylation sites is 3. The minimum atomic E-state index is 0.210. The van der Waals surface area contributed by atoms with Gasteiger partial charge >= 0.3 is 0 Å². The quantitative estimate of drug-likeness (QED) is 0.468. The smallest absolute Gasteiger partial charge is 0.222 e. The van der Waals surface area contributed by atoms with Gasteiger partial charge in [-0.3, -0.25) is 9.69 Å². The summed E-state index contributed by atoms with van der Waals surface area (Å²) in [5.74, 6) is 1.70. The first-order chi connectivity index (χ1) is 15.2. The average molecular weight is 440 g/mol. The maximum Gasteiger partial charge on any atom is 0.222 e. The Kier molecular flexibility index (Phi) is 7.38. The lowest BCUT2D eigenvalue weighted by Crippen LogP contribution is -2.48. The molecule has 0 spiro atoms. The number of hydrogen-bond acceptors (Lipinski definition) is 6. The third-order valence-corrected chi connectivity index (χ3v) is 6.38. The van der Waals surface area contributed by atoms with Crippen molar-refractivity contribution in [2.45, 2.75) is 26.3 Å². The largest absolute Gasteiger partial charge is 0.490 e. The van der Waals surface area contributed by atoms with Crippen LogP contribution in [0.15, 0.2) is 48.5 Å². The summed E-state index contributed by atoms with van der Waals surface area (Å²) in [5, 5.41) is 1.14. The van der Waals surface area contributed by atoms with Crippen molar-refractivity contribution >= 4 is 27.5 Å². The van der Waals surface area contributed by atoms with Crippen LogP contribution in [0.4, 0.5) is 0 Å². The highest BCUT2D eigenvalue weighted by molar-refractivity contribution is 7.18. The van der Waals surface area contributed by atoms with E-state index in [0.717, 1.165) is 54.7 Å². The van der Waals surface area contributed by atoms with E-state index in [1.54, 1.807) is 11.3 Å². The molecule has 3 aromatic rings. The number of aromatic nitrogens is 1. The summed E-state index contributed by atoms with van der Waals surface area (Å²) in [6.07, 6.45) is 1.21. The van der Waals surface area contributed by atoms with E-state index in [-0.39, 0.29) is 5.91 Å².